The van der Waals surface area contributed by atoms with E-state index in [0.29, 0.717) is 80.4 Å². The Bertz CT molecular complexity index is 2390. The van der Waals surface area contributed by atoms with Crippen LogP contribution in [-0.2, 0) is 6.42 Å². The van der Waals surface area contributed by atoms with Gasteiger partial charge in [0, 0.05) is 28.8 Å². The minimum absolute atomic E-state index is 0.00838. The average molecular weight is 791 g/mol. The smallest absolute Gasteiger partial charge is 0.178 e. The molecule has 0 saturated heterocycles. The summed E-state index contributed by atoms with van der Waals surface area (Å²) in [5.41, 5.74) is 4.64. The van der Waals surface area contributed by atoms with Gasteiger partial charge in [0.25, 0.3) is 0 Å². The van der Waals surface area contributed by atoms with Gasteiger partial charge in [-0.2, -0.15) is 0 Å². The number of phenols is 1. The fourth-order valence-corrected chi connectivity index (χ4v) is 8.09. The first-order valence-electron chi connectivity index (χ1n) is 19.1. The van der Waals surface area contributed by atoms with Crippen molar-refractivity contribution in [2.45, 2.75) is 63.8 Å². The minimum Gasteiger partial charge on any atom is -0.508 e. The zero-order chi connectivity index (χ0) is 41.0. The van der Waals surface area contributed by atoms with Crippen molar-refractivity contribution in [1.29, 1.82) is 0 Å². The van der Waals surface area contributed by atoms with Gasteiger partial charge in [0.15, 0.2) is 34.6 Å². The van der Waals surface area contributed by atoms with E-state index in [4.69, 9.17) is 42.6 Å². The van der Waals surface area contributed by atoms with Crippen LogP contribution in [0.4, 0.5) is 0 Å². The summed E-state index contributed by atoms with van der Waals surface area (Å²) in [6, 6.07) is 13.9. The van der Waals surface area contributed by atoms with Crippen LogP contribution in [-0.4, -0.2) is 76.1 Å². The number of rotatable bonds is 6. The lowest BCUT2D eigenvalue weighted by molar-refractivity contribution is 0.0547. The average Bonchev–Trinajstić information content (AvgIpc) is 3.21. The molecular formula is C46H46O12. The highest BCUT2D eigenvalue weighted by Crippen LogP contribution is 2.51. The highest BCUT2D eigenvalue weighted by molar-refractivity contribution is 6.07. The second-order valence-electron chi connectivity index (χ2n) is 15.4. The van der Waals surface area contributed by atoms with Gasteiger partial charge in [-0.15, -0.1) is 0 Å². The lowest BCUT2D eigenvalue weighted by Crippen LogP contribution is -2.43. The highest BCUT2D eigenvalue weighted by Gasteiger charge is 2.46. The van der Waals surface area contributed by atoms with E-state index in [1.165, 1.54) is 0 Å². The Morgan fingerprint density at radius 2 is 1.22 bits per heavy atom. The van der Waals surface area contributed by atoms with Gasteiger partial charge in [-0.25, -0.2) is 0 Å². The monoisotopic (exact) mass is 790 g/mol. The van der Waals surface area contributed by atoms with Gasteiger partial charge in [0.05, 0.1) is 57.0 Å². The van der Waals surface area contributed by atoms with Gasteiger partial charge in [-0.05, 0) is 82.7 Å². The molecule has 0 aromatic heterocycles. The Morgan fingerprint density at radius 1 is 0.724 bits per heavy atom. The Hall–Kier alpha value is -6.30. The van der Waals surface area contributed by atoms with E-state index < -0.39 is 29.6 Å². The molecule has 0 aliphatic carbocycles. The van der Waals surface area contributed by atoms with Crippen molar-refractivity contribution in [3.63, 3.8) is 0 Å². The third-order valence-electron chi connectivity index (χ3n) is 11.0. The van der Waals surface area contributed by atoms with Gasteiger partial charge >= 0.3 is 0 Å². The molecule has 5 aliphatic heterocycles. The normalized spacial score (nSPS) is 20.9. The predicted octanol–water partition coefficient (Wildman–Crippen LogP) is 8.05. The van der Waals surface area contributed by atoms with Gasteiger partial charge in [0.2, 0.25) is 0 Å². The van der Waals surface area contributed by atoms with E-state index in [1.807, 2.05) is 52.0 Å². The number of benzene rings is 4. The van der Waals surface area contributed by atoms with Crippen molar-refractivity contribution in [2.75, 3.05) is 41.7 Å². The number of methoxy groups -OCH3 is 4. The van der Waals surface area contributed by atoms with Crippen molar-refractivity contribution in [2.24, 2.45) is 0 Å². The molecular weight excluding hydrogens is 744 g/mol. The first-order chi connectivity index (χ1) is 27.9. The Labute approximate surface area is 336 Å². The molecule has 0 bridgehead atoms. The zero-order valence-electron chi connectivity index (χ0n) is 33.7. The zero-order valence-corrected chi connectivity index (χ0v) is 33.7. The predicted molar refractivity (Wildman–Crippen MR) is 214 cm³/mol. The molecule has 12 nitrogen and oxygen atoms in total. The Balaban J connectivity index is 0.000000162. The lowest BCUT2D eigenvalue weighted by atomic mass is 9.81. The summed E-state index contributed by atoms with van der Waals surface area (Å²) in [4.78, 5) is 27.0. The number of aromatic hydroxyl groups is 1. The van der Waals surface area contributed by atoms with Crippen LogP contribution in [0.5, 0.6) is 57.5 Å². The molecule has 5 aliphatic rings. The summed E-state index contributed by atoms with van der Waals surface area (Å²) in [5, 5.41) is 10.4. The van der Waals surface area contributed by atoms with Crippen molar-refractivity contribution >= 4 is 17.6 Å². The van der Waals surface area contributed by atoms with Crippen LogP contribution in [0.3, 0.4) is 0 Å². The second-order valence-corrected chi connectivity index (χ2v) is 15.4. The van der Waals surface area contributed by atoms with Crippen LogP contribution >= 0.6 is 0 Å². The molecule has 4 aromatic carbocycles. The fourth-order valence-electron chi connectivity index (χ4n) is 8.09. The maximum Gasteiger partial charge on any atom is 0.178 e. The summed E-state index contributed by atoms with van der Waals surface area (Å²) in [6.07, 6.45) is 5.53. The number of hydrogen-bond donors (Lipinski definition) is 1. The SMILES string of the molecule is COc1cc2c(cc1OC)[C@@H]1C(=O)c3ccc(O)c(CC=C(C)C)c3O[C@@H]1CO2.COc1cc2c(cc1OC)[C@@H]1C(=O)c3ccc4c(c3O[C@@H]1CO2)C=CC(C)(C)O4. The maximum atomic E-state index is 13.5. The molecule has 1 N–H and O–H groups in total. The molecule has 58 heavy (non-hydrogen) atoms. The van der Waals surface area contributed by atoms with E-state index in [2.05, 4.69) is 0 Å². The van der Waals surface area contributed by atoms with E-state index in [1.54, 1.807) is 70.9 Å². The number of allylic oxidation sites excluding steroid dienone is 2. The Kier molecular flexibility index (Phi) is 9.90. The quantitative estimate of drug-likeness (QED) is 0.189. The molecule has 0 unspecified atom stereocenters. The largest absolute Gasteiger partial charge is 0.508 e. The third-order valence-corrected chi connectivity index (χ3v) is 11.0. The molecule has 0 saturated carbocycles. The number of ketones is 2. The molecule has 0 amide bonds. The van der Waals surface area contributed by atoms with E-state index in [9.17, 15) is 14.7 Å². The maximum absolute atomic E-state index is 13.5. The molecule has 0 spiro atoms. The van der Waals surface area contributed by atoms with Crippen molar-refractivity contribution in [3.8, 4) is 57.5 Å². The van der Waals surface area contributed by atoms with Crippen LogP contribution in [0, 0.1) is 0 Å². The number of hydrogen-bond acceptors (Lipinski definition) is 12. The van der Waals surface area contributed by atoms with E-state index in [0.717, 1.165) is 16.7 Å². The van der Waals surface area contributed by atoms with Crippen LogP contribution in [0.25, 0.3) is 6.08 Å². The molecule has 4 atom stereocenters. The Morgan fingerprint density at radius 3 is 1.76 bits per heavy atom. The molecule has 0 radical (unpaired) electrons. The summed E-state index contributed by atoms with van der Waals surface area (Å²) in [7, 11) is 6.25. The number of Topliss-reactive ketones (excluding diaryl/α,β-unsaturated/α-hetero) is 2. The number of phenolic OH excluding ortho intramolecular Hbond substituents is 1. The van der Waals surface area contributed by atoms with Gasteiger partial charge in [-0.1, -0.05) is 11.6 Å². The molecule has 9 rings (SSSR count). The van der Waals surface area contributed by atoms with Crippen LogP contribution in [0.1, 0.15) is 82.5 Å². The molecule has 302 valence electrons. The summed E-state index contributed by atoms with van der Waals surface area (Å²) < 4.78 is 51.9. The topological polar surface area (TPSA) is 137 Å². The minimum atomic E-state index is -0.507. The number of fused-ring (bicyclic) bond motifs is 10. The van der Waals surface area contributed by atoms with Crippen LogP contribution < -0.4 is 42.6 Å². The number of ether oxygens (including phenoxy) is 9. The van der Waals surface area contributed by atoms with Crippen LogP contribution in [0.15, 0.2) is 66.3 Å². The third kappa shape index (κ3) is 6.59. The van der Waals surface area contributed by atoms with Gasteiger partial charge < -0.3 is 47.7 Å². The molecule has 0 fully saturated rings. The summed E-state index contributed by atoms with van der Waals surface area (Å²) >= 11 is 0. The number of carbonyl (C=O) groups excluding carboxylic acids is 2. The first-order valence-corrected chi connectivity index (χ1v) is 19.1. The lowest BCUT2D eigenvalue weighted by Gasteiger charge is -2.38. The molecule has 5 heterocycles. The standard InChI is InChI=1S/C23H22O6.C23H24O6/c1-23(2)8-7-12-15(29-23)6-5-13-21(24)20-14-9-17(25-3)18(26-4)10-16(14)27-11-19(20)28-22(12)13;1-12(2)5-6-13-16(24)8-7-14-22(25)21-15-9-18(26-3)19(27-4)10-17(15)28-11-20(21)29-23(13)14/h5-10,19-20H,11H2,1-4H3;5,7-10,20-21,24H,6,11H2,1-4H3/t19-,20+;20-,21+/m11/s1. The van der Waals surface area contributed by atoms with Crippen molar-refractivity contribution in [3.05, 3.63) is 99.6 Å². The van der Waals surface area contributed by atoms with Gasteiger partial charge in [0.1, 0.15) is 65.5 Å². The fraction of sp³-hybridized carbons (Fsp3) is 0.348. The van der Waals surface area contributed by atoms with E-state index >= 15 is 0 Å². The second kappa shape index (κ2) is 14.9. The molecule has 4 aromatic rings. The molecule has 12 heteroatoms. The first kappa shape index (κ1) is 38.6. The summed E-state index contributed by atoms with van der Waals surface area (Å²) in [6.45, 7) is 8.46. The highest BCUT2D eigenvalue weighted by atomic mass is 16.6. The van der Waals surface area contributed by atoms with Gasteiger partial charge in [-0.3, -0.25) is 9.59 Å². The van der Waals surface area contributed by atoms with Crippen molar-refractivity contribution < 1.29 is 57.3 Å². The van der Waals surface area contributed by atoms with Crippen LogP contribution in [0.2, 0.25) is 0 Å². The van der Waals surface area contributed by atoms with Crippen molar-refractivity contribution in [1.82, 2.24) is 0 Å². The number of carbonyl (C=O) groups is 2. The summed E-state index contributed by atoms with van der Waals surface area (Å²) in [5.74, 6) is 4.23. The van der Waals surface area contributed by atoms with E-state index in [-0.39, 0.29) is 30.5 Å².